The molecular formula is C19H26N2O3. The number of hydrogen-bond acceptors (Lipinski definition) is 3. The van der Waals surface area contributed by atoms with E-state index in [0.717, 1.165) is 31.8 Å². The van der Waals surface area contributed by atoms with Gasteiger partial charge in [-0.15, -0.1) is 0 Å². The zero-order chi connectivity index (χ0) is 17.3. The molecule has 2 aromatic rings. The van der Waals surface area contributed by atoms with Crippen LogP contribution in [0.3, 0.4) is 0 Å². The summed E-state index contributed by atoms with van der Waals surface area (Å²) in [5.74, 6) is -0.746. The van der Waals surface area contributed by atoms with Crippen molar-refractivity contribution >= 4 is 16.9 Å². The van der Waals surface area contributed by atoms with Gasteiger partial charge >= 0.3 is 5.97 Å². The van der Waals surface area contributed by atoms with Crippen LogP contribution in [-0.4, -0.2) is 39.8 Å². The van der Waals surface area contributed by atoms with Crippen molar-refractivity contribution in [3.05, 3.63) is 35.0 Å². The first-order valence-corrected chi connectivity index (χ1v) is 8.59. The van der Waals surface area contributed by atoms with Gasteiger partial charge in [-0.3, -0.25) is 9.69 Å². The summed E-state index contributed by atoms with van der Waals surface area (Å²) in [5.41, 5.74) is 5.04. The number of fused-ring (bicyclic) bond motifs is 2. The third kappa shape index (κ3) is 3.62. The fourth-order valence-electron chi connectivity index (χ4n) is 3.45. The number of aliphatic carboxylic acids is 1. The molecule has 0 radical (unpaired) electrons. The highest BCUT2D eigenvalue weighted by Gasteiger charge is 2.21. The molecule has 1 aliphatic heterocycles. The van der Waals surface area contributed by atoms with Crippen molar-refractivity contribution in [3.8, 4) is 0 Å². The Morgan fingerprint density at radius 1 is 1.29 bits per heavy atom. The maximum Gasteiger partial charge on any atom is 0.303 e. The Bertz CT molecular complexity index is 749. The molecule has 0 fully saturated rings. The molecule has 3 rings (SSSR count). The Balaban J connectivity index is 1.77. The van der Waals surface area contributed by atoms with Crippen LogP contribution < -0.4 is 0 Å². The van der Waals surface area contributed by atoms with E-state index in [1.54, 1.807) is 0 Å². The van der Waals surface area contributed by atoms with E-state index in [2.05, 4.69) is 41.6 Å². The maximum absolute atomic E-state index is 10.9. The SMILES string of the molecule is CC(C)OCCN1Cc2cc3c(CCC(=O)O)cn(C)c3cc2C1. The van der Waals surface area contributed by atoms with Crippen LogP contribution in [0.2, 0.25) is 0 Å². The number of carboxylic acids is 1. The number of aryl methyl sites for hydroxylation is 2. The number of benzene rings is 1. The Hall–Kier alpha value is -1.85. The largest absolute Gasteiger partial charge is 0.481 e. The Kier molecular flexibility index (Phi) is 4.92. The normalized spacial score (nSPS) is 14.7. The van der Waals surface area contributed by atoms with Crippen molar-refractivity contribution < 1.29 is 14.6 Å². The topological polar surface area (TPSA) is 54.7 Å². The lowest BCUT2D eigenvalue weighted by molar-refractivity contribution is -0.136. The fourth-order valence-corrected chi connectivity index (χ4v) is 3.45. The number of hydrogen-bond donors (Lipinski definition) is 1. The molecule has 0 bridgehead atoms. The molecule has 0 amide bonds. The van der Waals surface area contributed by atoms with Gasteiger partial charge in [-0.2, -0.15) is 0 Å². The molecule has 0 saturated carbocycles. The number of rotatable bonds is 7. The summed E-state index contributed by atoms with van der Waals surface area (Å²) in [6, 6.07) is 4.52. The van der Waals surface area contributed by atoms with Crippen molar-refractivity contribution in [2.75, 3.05) is 13.2 Å². The standard InChI is InChI=1S/C19H26N2O3/c1-13(2)24-7-6-21-11-15-8-17-14(4-5-19(22)23)10-20(3)18(17)9-16(15)12-21/h8-10,13H,4-7,11-12H2,1-3H3,(H,22,23). The van der Waals surface area contributed by atoms with E-state index in [4.69, 9.17) is 9.84 Å². The third-order valence-corrected chi connectivity index (χ3v) is 4.65. The fraction of sp³-hybridized carbons (Fsp3) is 0.526. The van der Waals surface area contributed by atoms with Gasteiger partial charge in [0.1, 0.15) is 0 Å². The smallest absolute Gasteiger partial charge is 0.303 e. The van der Waals surface area contributed by atoms with E-state index in [1.165, 1.54) is 22.0 Å². The zero-order valence-corrected chi connectivity index (χ0v) is 14.7. The predicted molar refractivity (Wildman–Crippen MR) is 94.1 cm³/mol. The zero-order valence-electron chi connectivity index (χ0n) is 14.7. The number of carbonyl (C=O) groups is 1. The molecule has 0 saturated heterocycles. The number of aromatic nitrogens is 1. The van der Waals surface area contributed by atoms with Gasteiger partial charge in [-0.25, -0.2) is 0 Å². The molecule has 5 heteroatoms. The Morgan fingerprint density at radius 2 is 2.00 bits per heavy atom. The molecule has 0 aliphatic carbocycles. The molecule has 1 N–H and O–H groups in total. The average molecular weight is 330 g/mol. The molecule has 1 aromatic heterocycles. The molecule has 1 aromatic carbocycles. The van der Waals surface area contributed by atoms with E-state index in [1.807, 2.05) is 7.05 Å². The number of carboxylic acid groups (broad SMARTS) is 1. The third-order valence-electron chi connectivity index (χ3n) is 4.65. The minimum absolute atomic E-state index is 0.175. The van der Waals surface area contributed by atoms with Gasteiger partial charge in [-0.05, 0) is 49.1 Å². The summed E-state index contributed by atoms with van der Waals surface area (Å²) in [6.07, 6.45) is 3.10. The van der Waals surface area contributed by atoms with Crippen molar-refractivity contribution in [1.82, 2.24) is 9.47 Å². The first-order chi connectivity index (χ1) is 11.4. The molecule has 1 aliphatic rings. The van der Waals surface area contributed by atoms with Gasteiger partial charge in [-0.1, -0.05) is 0 Å². The molecule has 5 nitrogen and oxygen atoms in total. The van der Waals surface area contributed by atoms with Crippen LogP contribution in [0.5, 0.6) is 0 Å². The van der Waals surface area contributed by atoms with Crippen LogP contribution in [0.4, 0.5) is 0 Å². The highest BCUT2D eigenvalue weighted by Crippen LogP contribution is 2.30. The van der Waals surface area contributed by atoms with Gasteiger partial charge in [0, 0.05) is 50.2 Å². The molecule has 0 spiro atoms. The predicted octanol–water partition coefficient (Wildman–Crippen LogP) is 2.94. The van der Waals surface area contributed by atoms with Gasteiger partial charge in [0.05, 0.1) is 12.7 Å². The summed E-state index contributed by atoms with van der Waals surface area (Å²) >= 11 is 0. The molecule has 24 heavy (non-hydrogen) atoms. The molecule has 0 unspecified atom stereocenters. The lowest BCUT2D eigenvalue weighted by Gasteiger charge is -2.15. The summed E-state index contributed by atoms with van der Waals surface area (Å²) in [7, 11) is 2.03. The van der Waals surface area contributed by atoms with Crippen molar-refractivity contribution in [2.24, 2.45) is 7.05 Å². The average Bonchev–Trinajstić information content (AvgIpc) is 3.03. The minimum Gasteiger partial charge on any atom is -0.481 e. The molecule has 0 atom stereocenters. The lowest BCUT2D eigenvalue weighted by atomic mass is 10.0. The van der Waals surface area contributed by atoms with Gasteiger partial charge in [0.25, 0.3) is 0 Å². The maximum atomic E-state index is 10.9. The van der Waals surface area contributed by atoms with Gasteiger partial charge in [0.15, 0.2) is 0 Å². The van der Waals surface area contributed by atoms with Gasteiger partial charge < -0.3 is 14.4 Å². The van der Waals surface area contributed by atoms with Crippen molar-refractivity contribution in [3.63, 3.8) is 0 Å². The number of ether oxygens (including phenoxy) is 1. The first-order valence-electron chi connectivity index (χ1n) is 8.59. The van der Waals surface area contributed by atoms with Gasteiger partial charge in [0.2, 0.25) is 0 Å². The van der Waals surface area contributed by atoms with Crippen LogP contribution in [0, 0.1) is 0 Å². The minimum atomic E-state index is -0.746. The van der Waals surface area contributed by atoms with Crippen molar-refractivity contribution in [1.29, 1.82) is 0 Å². The van der Waals surface area contributed by atoms with E-state index < -0.39 is 5.97 Å². The van der Waals surface area contributed by atoms with E-state index in [-0.39, 0.29) is 12.5 Å². The highest BCUT2D eigenvalue weighted by molar-refractivity contribution is 5.86. The summed E-state index contributed by atoms with van der Waals surface area (Å²) in [5, 5.41) is 10.1. The summed E-state index contributed by atoms with van der Waals surface area (Å²) in [6.45, 7) is 7.72. The van der Waals surface area contributed by atoms with Crippen LogP contribution in [-0.2, 0) is 36.1 Å². The van der Waals surface area contributed by atoms with E-state index in [0.29, 0.717) is 6.42 Å². The lowest BCUT2D eigenvalue weighted by Crippen LogP contribution is -2.23. The monoisotopic (exact) mass is 330 g/mol. The van der Waals surface area contributed by atoms with E-state index in [9.17, 15) is 4.79 Å². The van der Waals surface area contributed by atoms with Crippen molar-refractivity contribution in [2.45, 2.75) is 45.9 Å². The molecular weight excluding hydrogens is 304 g/mol. The van der Waals surface area contributed by atoms with Crippen LogP contribution in [0.25, 0.3) is 10.9 Å². The molecule has 2 heterocycles. The van der Waals surface area contributed by atoms with Crippen LogP contribution in [0.15, 0.2) is 18.3 Å². The highest BCUT2D eigenvalue weighted by atomic mass is 16.5. The summed E-state index contributed by atoms with van der Waals surface area (Å²) < 4.78 is 7.76. The van der Waals surface area contributed by atoms with Crippen LogP contribution >= 0.6 is 0 Å². The second kappa shape index (κ2) is 6.95. The summed E-state index contributed by atoms with van der Waals surface area (Å²) in [4.78, 5) is 13.3. The Labute approximate surface area is 142 Å². The Morgan fingerprint density at radius 3 is 2.67 bits per heavy atom. The van der Waals surface area contributed by atoms with E-state index >= 15 is 0 Å². The number of nitrogens with zero attached hydrogens (tertiary/aromatic N) is 2. The quantitative estimate of drug-likeness (QED) is 0.848. The second-order valence-corrected chi connectivity index (χ2v) is 6.93. The first kappa shape index (κ1) is 17.0. The molecule has 130 valence electrons. The second-order valence-electron chi connectivity index (χ2n) is 6.93. The van der Waals surface area contributed by atoms with Crippen LogP contribution in [0.1, 0.15) is 37.0 Å².